The van der Waals surface area contributed by atoms with E-state index in [4.69, 9.17) is 4.74 Å². The molecule has 3 aromatic rings. The van der Waals surface area contributed by atoms with Gasteiger partial charge in [-0.25, -0.2) is 4.39 Å². The highest BCUT2D eigenvalue weighted by Gasteiger charge is 2.11. The lowest BCUT2D eigenvalue weighted by atomic mass is 10.0. The number of rotatable bonds is 5. The number of benzene rings is 3. The molecule has 0 heterocycles. The summed E-state index contributed by atoms with van der Waals surface area (Å²) in [4.78, 5) is 0. The smallest absolute Gasteiger partial charge is 0.148 e. The van der Waals surface area contributed by atoms with Crippen LogP contribution in [0.5, 0.6) is 5.75 Å². The number of nitriles is 1. The summed E-state index contributed by atoms with van der Waals surface area (Å²) in [6, 6.07) is 20.0. The van der Waals surface area contributed by atoms with E-state index in [-0.39, 0.29) is 12.4 Å². The Hall–Kier alpha value is -1.94. The minimum atomic E-state index is -0.303. The molecule has 0 atom stereocenters. The van der Waals surface area contributed by atoms with Crippen LogP contribution in [0.2, 0.25) is 0 Å². The molecule has 0 bridgehead atoms. The lowest BCUT2D eigenvalue weighted by Crippen LogP contribution is -1.99. The fraction of sp³-hybridized carbons (Fsp3) is 0.0455. The monoisotopic (exact) mass is 563 g/mol. The van der Waals surface area contributed by atoms with Crippen LogP contribution < -0.4 is 4.74 Å². The lowest BCUT2D eigenvalue weighted by Gasteiger charge is -2.12. The third-order valence-electron chi connectivity index (χ3n) is 3.94. The molecule has 0 saturated heterocycles. The van der Waals surface area contributed by atoms with Gasteiger partial charge in [-0.2, -0.15) is 5.26 Å². The molecule has 0 radical (unpaired) electrons. The standard InChI is InChI=1S/C22H13Br3FNO/c23-18-7-5-15(6-8-18)17(12-27)9-14-10-19(24)22(20(25)11-14)28-13-16-3-1-2-4-21(16)26/h1-11H,13H2/b17-9+. The first kappa shape index (κ1) is 20.8. The van der Waals surface area contributed by atoms with Crippen LogP contribution in [-0.4, -0.2) is 0 Å². The molecule has 3 rings (SSSR count). The van der Waals surface area contributed by atoms with Crippen LogP contribution in [0, 0.1) is 17.1 Å². The normalized spacial score (nSPS) is 11.2. The highest BCUT2D eigenvalue weighted by molar-refractivity contribution is 9.11. The highest BCUT2D eigenvalue weighted by Crippen LogP contribution is 2.36. The van der Waals surface area contributed by atoms with Crippen molar-refractivity contribution in [1.82, 2.24) is 0 Å². The van der Waals surface area contributed by atoms with Crippen molar-refractivity contribution < 1.29 is 9.13 Å². The summed E-state index contributed by atoms with van der Waals surface area (Å²) in [6.07, 6.45) is 1.80. The van der Waals surface area contributed by atoms with Crippen LogP contribution in [0.1, 0.15) is 16.7 Å². The van der Waals surface area contributed by atoms with Crippen molar-refractivity contribution in [1.29, 1.82) is 5.26 Å². The summed E-state index contributed by atoms with van der Waals surface area (Å²) >= 11 is 10.4. The van der Waals surface area contributed by atoms with E-state index in [9.17, 15) is 9.65 Å². The Labute approximate surface area is 188 Å². The number of ether oxygens (including phenoxy) is 1. The van der Waals surface area contributed by atoms with E-state index in [1.54, 1.807) is 24.3 Å². The second kappa shape index (κ2) is 9.51. The molecule has 0 amide bonds. The van der Waals surface area contributed by atoms with Gasteiger partial charge >= 0.3 is 0 Å². The van der Waals surface area contributed by atoms with Gasteiger partial charge < -0.3 is 4.74 Å². The largest absolute Gasteiger partial charge is 0.486 e. The Morgan fingerprint density at radius 3 is 2.25 bits per heavy atom. The van der Waals surface area contributed by atoms with E-state index >= 15 is 0 Å². The minimum Gasteiger partial charge on any atom is -0.486 e. The predicted octanol–water partition coefficient (Wildman–Crippen LogP) is 7.76. The number of hydrogen-bond donors (Lipinski definition) is 0. The van der Waals surface area contributed by atoms with E-state index in [1.807, 2.05) is 36.4 Å². The molecule has 0 N–H and O–H groups in total. The topological polar surface area (TPSA) is 33.0 Å². The Morgan fingerprint density at radius 1 is 1.00 bits per heavy atom. The summed E-state index contributed by atoms with van der Waals surface area (Å²) in [5.74, 6) is 0.269. The van der Waals surface area contributed by atoms with E-state index in [2.05, 4.69) is 53.9 Å². The molecule has 0 unspecified atom stereocenters. The van der Waals surface area contributed by atoms with Gasteiger partial charge in [0.25, 0.3) is 0 Å². The van der Waals surface area contributed by atoms with Crippen molar-refractivity contribution in [3.05, 3.63) is 96.6 Å². The molecule has 0 spiro atoms. The average molecular weight is 566 g/mol. The van der Waals surface area contributed by atoms with Crippen LogP contribution in [0.4, 0.5) is 4.39 Å². The van der Waals surface area contributed by atoms with Crippen LogP contribution in [0.15, 0.2) is 74.1 Å². The summed E-state index contributed by atoms with van der Waals surface area (Å²) in [7, 11) is 0. The molecule has 0 aliphatic heterocycles. The molecule has 6 heteroatoms. The molecule has 28 heavy (non-hydrogen) atoms. The van der Waals surface area contributed by atoms with Gasteiger partial charge in [-0.15, -0.1) is 0 Å². The van der Waals surface area contributed by atoms with Gasteiger partial charge in [0.15, 0.2) is 0 Å². The van der Waals surface area contributed by atoms with Crippen molar-refractivity contribution in [2.75, 3.05) is 0 Å². The fourth-order valence-electron chi connectivity index (χ4n) is 2.54. The van der Waals surface area contributed by atoms with E-state index in [0.29, 0.717) is 25.8 Å². The number of allylic oxidation sites excluding steroid dienone is 1. The zero-order valence-corrected chi connectivity index (χ0v) is 19.2. The number of halogens is 4. The minimum absolute atomic E-state index is 0.112. The Bertz CT molecular complexity index is 1050. The quantitative estimate of drug-likeness (QED) is 0.234. The summed E-state index contributed by atoms with van der Waals surface area (Å²) in [5, 5.41) is 9.53. The van der Waals surface area contributed by atoms with Crippen molar-refractivity contribution in [2.45, 2.75) is 6.61 Å². The van der Waals surface area contributed by atoms with Crippen LogP contribution in [-0.2, 0) is 6.61 Å². The van der Waals surface area contributed by atoms with E-state index < -0.39 is 0 Å². The second-order valence-electron chi connectivity index (χ2n) is 5.87. The van der Waals surface area contributed by atoms with Crippen molar-refractivity contribution >= 4 is 59.4 Å². The maximum absolute atomic E-state index is 13.8. The van der Waals surface area contributed by atoms with Gasteiger partial charge in [0.1, 0.15) is 18.2 Å². The second-order valence-corrected chi connectivity index (χ2v) is 8.49. The Balaban J connectivity index is 1.86. The molecule has 0 aliphatic rings. The maximum Gasteiger partial charge on any atom is 0.148 e. The number of nitrogens with zero attached hydrogens (tertiary/aromatic N) is 1. The van der Waals surface area contributed by atoms with Gasteiger partial charge in [0.05, 0.1) is 20.6 Å². The molecule has 0 aliphatic carbocycles. The lowest BCUT2D eigenvalue weighted by molar-refractivity contribution is 0.296. The van der Waals surface area contributed by atoms with Crippen molar-refractivity contribution in [3.8, 4) is 11.8 Å². The molecular weight excluding hydrogens is 553 g/mol. The molecule has 0 fully saturated rings. The average Bonchev–Trinajstić information content (AvgIpc) is 2.67. The van der Waals surface area contributed by atoms with Gasteiger partial charge in [-0.1, -0.05) is 46.3 Å². The molecule has 0 aromatic heterocycles. The first-order valence-electron chi connectivity index (χ1n) is 8.21. The molecule has 0 saturated carbocycles. The maximum atomic E-state index is 13.8. The first-order chi connectivity index (χ1) is 13.5. The first-order valence-corrected chi connectivity index (χ1v) is 10.6. The third-order valence-corrected chi connectivity index (χ3v) is 5.64. The number of hydrogen-bond acceptors (Lipinski definition) is 2. The van der Waals surface area contributed by atoms with Gasteiger partial charge in [0, 0.05) is 10.0 Å². The zero-order chi connectivity index (χ0) is 20.1. The third kappa shape index (κ3) is 5.11. The fourth-order valence-corrected chi connectivity index (χ4v) is 4.26. The van der Waals surface area contributed by atoms with Crippen molar-refractivity contribution in [2.24, 2.45) is 0 Å². The highest BCUT2D eigenvalue weighted by atomic mass is 79.9. The molecule has 3 aromatic carbocycles. The van der Waals surface area contributed by atoms with Crippen LogP contribution in [0.3, 0.4) is 0 Å². The Kier molecular flexibility index (Phi) is 7.06. The van der Waals surface area contributed by atoms with Crippen LogP contribution in [0.25, 0.3) is 11.6 Å². The molecule has 2 nitrogen and oxygen atoms in total. The van der Waals surface area contributed by atoms with Crippen LogP contribution >= 0.6 is 47.8 Å². The van der Waals surface area contributed by atoms with Gasteiger partial charge in [-0.3, -0.25) is 0 Å². The summed E-state index contributed by atoms with van der Waals surface area (Å²) in [6.45, 7) is 0.112. The molecule has 140 valence electrons. The van der Waals surface area contributed by atoms with Gasteiger partial charge in [0.2, 0.25) is 0 Å². The molecular formula is C22H13Br3FNO. The predicted molar refractivity (Wildman–Crippen MR) is 120 cm³/mol. The Morgan fingerprint density at radius 2 is 1.64 bits per heavy atom. The zero-order valence-electron chi connectivity index (χ0n) is 14.4. The summed E-state index contributed by atoms with van der Waals surface area (Å²) < 4.78 is 21.9. The van der Waals surface area contributed by atoms with E-state index in [1.165, 1.54) is 6.07 Å². The van der Waals surface area contributed by atoms with E-state index in [0.717, 1.165) is 15.6 Å². The van der Waals surface area contributed by atoms with Crippen molar-refractivity contribution in [3.63, 3.8) is 0 Å². The summed E-state index contributed by atoms with van der Waals surface area (Å²) in [5.41, 5.74) is 2.69. The SMILES string of the molecule is N#C/C(=C\c1cc(Br)c(OCc2ccccc2F)c(Br)c1)c1ccc(Br)cc1. The van der Waals surface area contributed by atoms with Gasteiger partial charge in [-0.05, 0) is 79.4 Å².